The van der Waals surface area contributed by atoms with Crippen molar-refractivity contribution in [1.29, 1.82) is 0 Å². The van der Waals surface area contributed by atoms with Crippen LogP contribution in [-0.4, -0.2) is 28.1 Å². The van der Waals surface area contributed by atoms with E-state index >= 15 is 0 Å². The maximum Gasteiger partial charge on any atom is 0.303 e. The molecule has 0 bridgehead atoms. The average molecular weight is 315 g/mol. The lowest BCUT2D eigenvalue weighted by Gasteiger charge is -2.28. The van der Waals surface area contributed by atoms with E-state index < -0.39 is 18.0 Å². The molecule has 2 heterocycles. The fourth-order valence-corrected chi connectivity index (χ4v) is 2.05. The number of carboxylic acid groups (broad SMARTS) is 1. The third kappa shape index (κ3) is 2.61. The number of nitrogens with zero attached hydrogens (tertiary/aromatic N) is 1. The number of rotatable bonds is 3. The molecule has 0 spiro atoms. The molecule has 2 atom stereocenters. The van der Waals surface area contributed by atoms with Crippen molar-refractivity contribution < 1.29 is 19.4 Å². The number of pyridine rings is 1. The first-order chi connectivity index (χ1) is 8.47. The van der Waals surface area contributed by atoms with E-state index in [0.717, 1.165) is 4.47 Å². The quantitative estimate of drug-likeness (QED) is 0.885. The minimum atomic E-state index is -0.961. The van der Waals surface area contributed by atoms with Gasteiger partial charge in [0.05, 0.1) is 6.42 Å². The van der Waals surface area contributed by atoms with E-state index in [1.807, 2.05) is 0 Å². The molecule has 96 valence electrons. The van der Waals surface area contributed by atoms with Crippen LogP contribution in [0.5, 0.6) is 5.75 Å². The number of nitrogens with one attached hydrogen (secondary N) is 1. The molecule has 0 aromatic carbocycles. The zero-order valence-corrected chi connectivity index (χ0v) is 11.1. The Balaban J connectivity index is 2.21. The van der Waals surface area contributed by atoms with Gasteiger partial charge in [-0.25, -0.2) is 4.98 Å². The number of amides is 1. The molecule has 0 fully saturated rings. The van der Waals surface area contributed by atoms with E-state index in [-0.39, 0.29) is 12.3 Å². The van der Waals surface area contributed by atoms with Gasteiger partial charge in [0.2, 0.25) is 0 Å². The molecule has 1 amide bonds. The zero-order chi connectivity index (χ0) is 13.3. The Morgan fingerprint density at radius 3 is 3.11 bits per heavy atom. The van der Waals surface area contributed by atoms with Crippen molar-refractivity contribution >= 4 is 33.6 Å². The van der Waals surface area contributed by atoms with Crippen LogP contribution in [0.4, 0.5) is 5.82 Å². The molecule has 6 nitrogen and oxygen atoms in total. The van der Waals surface area contributed by atoms with Gasteiger partial charge in [0.25, 0.3) is 5.91 Å². The predicted octanol–water partition coefficient (Wildman–Crippen LogP) is 1.65. The Hall–Kier alpha value is -1.63. The summed E-state index contributed by atoms with van der Waals surface area (Å²) in [5.41, 5.74) is 0. The lowest BCUT2D eigenvalue weighted by molar-refractivity contribution is -0.139. The second kappa shape index (κ2) is 4.93. The standard InChI is InChI=1S/C11H11BrN2O4/c1-5(2-8(15)16)9-11(17)14-10-7(18-9)3-6(12)4-13-10/h3-5,9H,2H2,1H3,(H,15,16)(H,13,14,17). The SMILES string of the molecule is CC(CC(=O)O)C1Oc2cc(Br)cnc2NC1=O. The molecule has 0 saturated carbocycles. The number of fused-ring (bicyclic) bond motifs is 1. The van der Waals surface area contributed by atoms with Crippen molar-refractivity contribution in [3.63, 3.8) is 0 Å². The summed E-state index contributed by atoms with van der Waals surface area (Å²) >= 11 is 3.25. The van der Waals surface area contributed by atoms with E-state index in [4.69, 9.17) is 9.84 Å². The second-order valence-corrected chi connectivity index (χ2v) is 5.02. The van der Waals surface area contributed by atoms with Gasteiger partial charge in [-0.15, -0.1) is 0 Å². The van der Waals surface area contributed by atoms with Gasteiger partial charge in [0, 0.05) is 16.6 Å². The summed E-state index contributed by atoms with van der Waals surface area (Å²) in [5, 5.41) is 11.3. The van der Waals surface area contributed by atoms with E-state index in [1.165, 1.54) is 0 Å². The summed E-state index contributed by atoms with van der Waals surface area (Å²) < 4.78 is 6.24. The van der Waals surface area contributed by atoms with Crippen LogP contribution in [0.3, 0.4) is 0 Å². The molecule has 1 aliphatic rings. The molecule has 18 heavy (non-hydrogen) atoms. The van der Waals surface area contributed by atoms with Gasteiger partial charge in [-0.1, -0.05) is 6.92 Å². The number of ether oxygens (including phenoxy) is 1. The highest BCUT2D eigenvalue weighted by molar-refractivity contribution is 9.10. The van der Waals surface area contributed by atoms with Crippen molar-refractivity contribution in [2.24, 2.45) is 5.92 Å². The maximum atomic E-state index is 11.8. The number of carbonyl (C=O) groups excluding carboxylic acids is 1. The molecule has 2 N–H and O–H groups in total. The normalized spacial score (nSPS) is 19.4. The lowest BCUT2D eigenvalue weighted by Crippen LogP contribution is -2.42. The number of aromatic nitrogens is 1. The molecule has 1 aliphatic heterocycles. The smallest absolute Gasteiger partial charge is 0.303 e. The Labute approximate surface area is 111 Å². The van der Waals surface area contributed by atoms with Crippen molar-refractivity contribution in [1.82, 2.24) is 4.98 Å². The Kier molecular flexibility index (Phi) is 3.51. The second-order valence-electron chi connectivity index (χ2n) is 4.10. The molecule has 1 aromatic rings. The minimum absolute atomic E-state index is 0.130. The van der Waals surface area contributed by atoms with Crippen LogP contribution in [0.15, 0.2) is 16.7 Å². The summed E-state index contributed by atoms with van der Waals surface area (Å²) in [6, 6.07) is 1.68. The molecule has 7 heteroatoms. The summed E-state index contributed by atoms with van der Waals surface area (Å²) in [5.74, 6) is -0.967. The van der Waals surface area contributed by atoms with Crippen LogP contribution in [0.25, 0.3) is 0 Å². The van der Waals surface area contributed by atoms with Gasteiger partial charge in [-0.05, 0) is 22.0 Å². The third-order valence-electron chi connectivity index (χ3n) is 2.59. The average Bonchev–Trinajstić information content (AvgIpc) is 2.27. The van der Waals surface area contributed by atoms with Crippen molar-refractivity contribution in [3.05, 3.63) is 16.7 Å². The number of anilines is 1. The van der Waals surface area contributed by atoms with Crippen molar-refractivity contribution in [3.8, 4) is 5.75 Å². The number of carboxylic acids is 1. The maximum absolute atomic E-state index is 11.8. The van der Waals surface area contributed by atoms with Gasteiger partial charge < -0.3 is 15.2 Å². The minimum Gasteiger partial charge on any atom is -0.481 e. The van der Waals surface area contributed by atoms with E-state index in [0.29, 0.717) is 11.6 Å². The Morgan fingerprint density at radius 1 is 1.72 bits per heavy atom. The van der Waals surface area contributed by atoms with Crippen LogP contribution in [0.2, 0.25) is 0 Å². The summed E-state index contributed by atoms with van der Waals surface area (Å²) in [6.07, 6.45) is 0.600. The molecule has 2 rings (SSSR count). The number of hydrogen-bond acceptors (Lipinski definition) is 4. The highest BCUT2D eigenvalue weighted by Gasteiger charge is 2.34. The van der Waals surface area contributed by atoms with Crippen LogP contribution in [-0.2, 0) is 9.59 Å². The van der Waals surface area contributed by atoms with Crippen LogP contribution < -0.4 is 10.1 Å². The highest BCUT2D eigenvalue weighted by atomic mass is 79.9. The number of aliphatic carboxylic acids is 1. The molecule has 0 aliphatic carbocycles. The topological polar surface area (TPSA) is 88.5 Å². The monoisotopic (exact) mass is 314 g/mol. The van der Waals surface area contributed by atoms with Crippen LogP contribution in [0, 0.1) is 5.92 Å². The van der Waals surface area contributed by atoms with E-state index in [2.05, 4.69) is 26.2 Å². The van der Waals surface area contributed by atoms with Gasteiger partial charge in [-0.2, -0.15) is 0 Å². The first-order valence-corrected chi connectivity index (χ1v) is 6.11. The molecule has 2 unspecified atom stereocenters. The molecule has 1 aromatic heterocycles. The zero-order valence-electron chi connectivity index (χ0n) is 9.51. The Bertz CT molecular complexity index is 506. The molecule has 0 radical (unpaired) electrons. The number of hydrogen-bond donors (Lipinski definition) is 2. The fourth-order valence-electron chi connectivity index (χ4n) is 1.74. The van der Waals surface area contributed by atoms with Gasteiger partial charge in [0.1, 0.15) is 0 Å². The number of halogens is 1. The van der Waals surface area contributed by atoms with Crippen molar-refractivity contribution in [2.75, 3.05) is 5.32 Å². The van der Waals surface area contributed by atoms with E-state index in [1.54, 1.807) is 19.2 Å². The summed E-state index contributed by atoms with van der Waals surface area (Å²) in [7, 11) is 0. The van der Waals surface area contributed by atoms with Gasteiger partial charge in [-0.3, -0.25) is 9.59 Å². The van der Waals surface area contributed by atoms with Crippen LogP contribution >= 0.6 is 15.9 Å². The lowest BCUT2D eigenvalue weighted by atomic mass is 9.99. The van der Waals surface area contributed by atoms with Crippen molar-refractivity contribution in [2.45, 2.75) is 19.4 Å². The van der Waals surface area contributed by atoms with Gasteiger partial charge in [0.15, 0.2) is 17.7 Å². The third-order valence-corrected chi connectivity index (χ3v) is 3.02. The highest BCUT2D eigenvalue weighted by Crippen LogP contribution is 2.32. The fraction of sp³-hybridized carbons (Fsp3) is 0.364. The Morgan fingerprint density at radius 2 is 2.44 bits per heavy atom. The molecule has 0 saturated heterocycles. The summed E-state index contributed by atoms with van der Waals surface area (Å²) in [4.78, 5) is 26.4. The molecular formula is C11H11BrN2O4. The first-order valence-electron chi connectivity index (χ1n) is 5.32. The predicted molar refractivity (Wildman–Crippen MR) is 66.4 cm³/mol. The summed E-state index contributed by atoms with van der Waals surface area (Å²) in [6.45, 7) is 1.66. The number of carbonyl (C=O) groups is 2. The molecular weight excluding hydrogens is 304 g/mol. The van der Waals surface area contributed by atoms with E-state index in [9.17, 15) is 9.59 Å². The van der Waals surface area contributed by atoms with Gasteiger partial charge >= 0.3 is 5.97 Å². The largest absolute Gasteiger partial charge is 0.481 e. The first kappa shape index (κ1) is 12.8. The van der Waals surface area contributed by atoms with Crippen LogP contribution in [0.1, 0.15) is 13.3 Å².